The van der Waals surface area contributed by atoms with Gasteiger partial charge in [-0.25, -0.2) is 8.42 Å². The number of aliphatic imine (C=N–C) groups is 1. The van der Waals surface area contributed by atoms with Crippen molar-refractivity contribution in [2.45, 2.75) is 26.4 Å². The third-order valence-corrected chi connectivity index (χ3v) is 6.31. The van der Waals surface area contributed by atoms with Crippen molar-refractivity contribution < 1.29 is 13.2 Å². The molecule has 1 N–H and O–H groups in total. The summed E-state index contributed by atoms with van der Waals surface area (Å²) in [6.45, 7) is 7.06. The van der Waals surface area contributed by atoms with Gasteiger partial charge in [-0.2, -0.15) is 4.31 Å². The number of nitrogens with zero attached hydrogens (tertiary/aromatic N) is 3. The first kappa shape index (κ1) is 25.1. The second kappa shape index (κ2) is 12.6. The van der Waals surface area contributed by atoms with Crippen LogP contribution in [0.4, 0.5) is 0 Å². The minimum absolute atomic E-state index is 0. The summed E-state index contributed by atoms with van der Waals surface area (Å²) in [5.74, 6) is 0.862. The maximum atomic E-state index is 12.4. The third kappa shape index (κ3) is 8.22. The van der Waals surface area contributed by atoms with E-state index in [2.05, 4.69) is 27.3 Å². The number of hydrogen-bond donors (Lipinski definition) is 1. The van der Waals surface area contributed by atoms with Crippen LogP contribution >= 0.6 is 24.0 Å². The lowest BCUT2D eigenvalue weighted by molar-refractivity contribution is 0.0904. The van der Waals surface area contributed by atoms with Gasteiger partial charge in [0.25, 0.3) is 0 Å². The van der Waals surface area contributed by atoms with Crippen LogP contribution in [0.2, 0.25) is 0 Å². The van der Waals surface area contributed by atoms with Crippen molar-refractivity contribution in [3.05, 3.63) is 35.9 Å². The molecule has 0 aromatic heterocycles. The van der Waals surface area contributed by atoms with Crippen molar-refractivity contribution in [3.63, 3.8) is 0 Å². The summed E-state index contributed by atoms with van der Waals surface area (Å²) < 4.78 is 31.8. The summed E-state index contributed by atoms with van der Waals surface area (Å²) in [6, 6.07) is 10.3. The summed E-state index contributed by atoms with van der Waals surface area (Å²) in [7, 11) is -1.51. The van der Waals surface area contributed by atoms with Gasteiger partial charge in [0.2, 0.25) is 10.0 Å². The molecule has 0 unspecified atom stereocenters. The van der Waals surface area contributed by atoms with Crippen molar-refractivity contribution in [3.8, 4) is 0 Å². The molecule has 1 aliphatic rings. The van der Waals surface area contributed by atoms with Crippen molar-refractivity contribution in [2.24, 2.45) is 4.99 Å². The van der Waals surface area contributed by atoms with E-state index in [0.717, 1.165) is 18.9 Å². The van der Waals surface area contributed by atoms with E-state index in [-0.39, 0.29) is 42.4 Å². The SMILES string of the molecule is CN=C(NCCc1ccccc1)N1CCN(S(=O)(=O)CCOC(C)C)CC1.I. The molecular weight excluding hydrogens is 491 g/mol. The van der Waals surface area contributed by atoms with Gasteiger partial charge in [-0.05, 0) is 25.8 Å². The predicted octanol–water partition coefficient (Wildman–Crippen LogP) is 1.79. The Morgan fingerprint density at radius 3 is 2.39 bits per heavy atom. The zero-order valence-electron chi connectivity index (χ0n) is 17.0. The molecule has 0 spiro atoms. The minimum atomic E-state index is -3.27. The number of rotatable bonds is 8. The van der Waals surface area contributed by atoms with E-state index >= 15 is 0 Å². The molecule has 0 radical (unpaired) electrons. The largest absolute Gasteiger partial charge is 0.378 e. The lowest BCUT2D eigenvalue weighted by Gasteiger charge is -2.35. The highest BCUT2D eigenvalue weighted by Gasteiger charge is 2.27. The summed E-state index contributed by atoms with van der Waals surface area (Å²) in [5, 5.41) is 3.38. The fourth-order valence-electron chi connectivity index (χ4n) is 2.99. The molecule has 0 atom stereocenters. The number of halogens is 1. The zero-order valence-corrected chi connectivity index (χ0v) is 20.2. The Morgan fingerprint density at radius 1 is 1.18 bits per heavy atom. The van der Waals surface area contributed by atoms with Gasteiger partial charge in [-0.1, -0.05) is 30.3 Å². The second-order valence-electron chi connectivity index (χ2n) is 6.83. The first-order chi connectivity index (χ1) is 12.9. The van der Waals surface area contributed by atoms with E-state index in [1.165, 1.54) is 5.56 Å². The van der Waals surface area contributed by atoms with E-state index < -0.39 is 10.0 Å². The molecule has 1 aromatic carbocycles. The fraction of sp³-hybridized carbons (Fsp3) is 0.632. The topological polar surface area (TPSA) is 74.2 Å². The van der Waals surface area contributed by atoms with E-state index in [9.17, 15) is 8.42 Å². The van der Waals surface area contributed by atoms with Crippen molar-refractivity contribution >= 4 is 40.0 Å². The van der Waals surface area contributed by atoms with Crippen LogP contribution in [-0.2, 0) is 21.2 Å². The summed E-state index contributed by atoms with van der Waals surface area (Å²) in [4.78, 5) is 6.46. The van der Waals surface area contributed by atoms with Gasteiger partial charge in [0.05, 0.1) is 18.5 Å². The molecule has 0 saturated carbocycles. The number of guanidine groups is 1. The Labute approximate surface area is 186 Å². The van der Waals surface area contributed by atoms with Crippen LogP contribution in [0.15, 0.2) is 35.3 Å². The Kier molecular flexibility index (Phi) is 11.3. The number of hydrogen-bond acceptors (Lipinski definition) is 4. The molecule has 0 aliphatic carbocycles. The lowest BCUT2D eigenvalue weighted by atomic mass is 10.1. The van der Waals surface area contributed by atoms with Crippen LogP contribution in [0.5, 0.6) is 0 Å². The molecular formula is C19H33IN4O3S. The molecule has 1 heterocycles. The average Bonchev–Trinajstić information content (AvgIpc) is 2.66. The van der Waals surface area contributed by atoms with E-state index in [4.69, 9.17) is 4.74 Å². The molecule has 1 aliphatic heterocycles. The van der Waals surface area contributed by atoms with Crippen LogP contribution in [0.25, 0.3) is 0 Å². The standard InChI is InChI=1S/C19H32N4O3S.HI/c1-17(2)26-15-16-27(24,25)23-13-11-22(12-14-23)19(20-3)21-10-9-18-7-5-4-6-8-18;/h4-8,17H,9-16H2,1-3H3,(H,20,21);1H. The molecule has 28 heavy (non-hydrogen) atoms. The van der Waals surface area contributed by atoms with E-state index in [1.807, 2.05) is 32.0 Å². The quantitative estimate of drug-likeness (QED) is 0.319. The third-order valence-electron chi connectivity index (χ3n) is 4.48. The predicted molar refractivity (Wildman–Crippen MR) is 125 cm³/mol. The molecule has 1 saturated heterocycles. The molecule has 1 aromatic rings. The molecule has 160 valence electrons. The summed E-state index contributed by atoms with van der Waals surface area (Å²) >= 11 is 0. The van der Waals surface area contributed by atoms with E-state index in [0.29, 0.717) is 26.2 Å². The second-order valence-corrected chi connectivity index (χ2v) is 8.92. The van der Waals surface area contributed by atoms with Crippen LogP contribution < -0.4 is 5.32 Å². The highest BCUT2D eigenvalue weighted by atomic mass is 127. The highest BCUT2D eigenvalue weighted by Crippen LogP contribution is 2.09. The summed E-state index contributed by atoms with van der Waals surface area (Å²) in [5.41, 5.74) is 1.28. The molecule has 7 nitrogen and oxygen atoms in total. The van der Waals surface area contributed by atoms with Gasteiger partial charge in [-0.15, -0.1) is 24.0 Å². The van der Waals surface area contributed by atoms with Gasteiger partial charge in [0.15, 0.2) is 5.96 Å². The van der Waals surface area contributed by atoms with Crippen molar-refractivity contribution in [1.29, 1.82) is 0 Å². The first-order valence-electron chi connectivity index (χ1n) is 9.51. The van der Waals surface area contributed by atoms with Gasteiger partial charge in [0.1, 0.15) is 0 Å². The van der Waals surface area contributed by atoms with Crippen molar-refractivity contribution in [2.75, 3.05) is 52.1 Å². The fourth-order valence-corrected chi connectivity index (χ4v) is 4.28. The minimum Gasteiger partial charge on any atom is -0.378 e. The van der Waals surface area contributed by atoms with E-state index in [1.54, 1.807) is 11.4 Å². The average molecular weight is 524 g/mol. The molecule has 9 heteroatoms. The normalized spacial score (nSPS) is 16.1. The maximum Gasteiger partial charge on any atom is 0.216 e. The lowest BCUT2D eigenvalue weighted by Crippen LogP contribution is -2.54. The first-order valence-corrected chi connectivity index (χ1v) is 11.1. The number of nitrogens with one attached hydrogen (secondary N) is 1. The smallest absolute Gasteiger partial charge is 0.216 e. The molecule has 1 fully saturated rings. The molecule has 2 rings (SSSR count). The Morgan fingerprint density at radius 2 is 1.82 bits per heavy atom. The number of ether oxygens (including phenoxy) is 1. The summed E-state index contributed by atoms with van der Waals surface area (Å²) in [6.07, 6.45) is 0.965. The van der Waals surface area contributed by atoms with Gasteiger partial charge in [0, 0.05) is 39.8 Å². The maximum absolute atomic E-state index is 12.4. The molecule has 0 amide bonds. The number of piperazine rings is 1. The monoisotopic (exact) mass is 524 g/mol. The van der Waals surface area contributed by atoms with Crippen LogP contribution in [-0.4, -0.2) is 81.8 Å². The van der Waals surface area contributed by atoms with Crippen molar-refractivity contribution in [1.82, 2.24) is 14.5 Å². The van der Waals surface area contributed by atoms with Crippen LogP contribution in [0.1, 0.15) is 19.4 Å². The van der Waals surface area contributed by atoms with Gasteiger partial charge < -0.3 is 15.0 Å². The van der Waals surface area contributed by atoms with Crippen LogP contribution in [0, 0.1) is 0 Å². The highest BCUT2D eigenvalue weighted by molar-refractivity contribution is 14.0. The number of sulfonamides is 1. The zero-order chi connectivity index (χ0) is 19.7. The Balaban J connectivity index is 0.00000392. The Bertz CT molecular complexity index is 690. The van der Waals surface area contributed by atoms with Gasteiger partial charge >= 0.3 is 0 Å². The van der Waals surface area contributed by atoms with Crippen LogP contribution in [0.3, 0.4) is 0 Å². The molecule has 0 bridgehead atoms. The Hall–Kier alpha value is -0.910. The number of benzene rings is 1. The van der Waals surface area contributed by atoms with Gasteiger partial charge in [-0.3, -0.25) is 4.99 Å².